The fourth-order valence-electron chi connectivity index (χ4n) is 3.92. The second-order valence-electron chi connectivity index (χ2n) is 8.16. The fraction of sp³-hybridized carbons (Fsp3) is 0.231. The maximum Gasteiger partial charge on any atom is 0.227 e. The number of carbonyl (C=O) groups is 1. The van der Waals surface area contributed by atoms with Crippen molar-refractivity contribution in [1.29, 1.82) is 0 Å². The Labute approximate surface area is 209 Å². The monoisotopic (exact) mass is 487 g/mol. The average Bonchev–Trinajstić information content (AvgIpc) is 3.24. The van der Waals surface area contributed by atoms with Crippen molar-refractivity contribution in [3.63, 3.8) is 0 Å². The zero-order valence-corrected chi connectivity index (χ0v) is 20.5. The maximum atomic E-state index is 11.9. The Morgan fingerprint density at radius 1 is 1.25 bits per heavy atom. The van der Waals surface area contributed by atoms with Crippen LogP contribution in [0.4, 0.5) is 23.0 Å². The van der Waals surface area contributed by atoms with Crippen LogP contribution in [0.15, 0.2) is 61.6 Å². The molecule has 0 aliphatic heterocycles. The van der Waals surface area contributed by atoms with Gasteiger partial charge in [-0.1, -0.05) is 6.58 Å². The Bertz CT molecular complexity index is 1400. The molecule has 0 bridgehead atoms. The number of carbonyl (C=O) groups excluding carboxylic acids is 1. The zero-order chi connectivity index (χ0) is 25.7. The molecule has 3 heterocycles. The third-order valence-electron chi connectivity index (χ3n) is 5.76. The number of aliphatic hydroxyl groups is 1. The molecule has 4 aromatic rings. The van der Waals surface area contributed by atoms with Crippen LogP contribution in [-0.4, -0.2) is 64.3 Å². The van der Waals surface area contributed by atoms with Gasteiger partial charge in [-0.3, -0.25) is 4.79 Å². The van der Waals surface area contributed by atoms with Crippen molar-refractivity contribution in [2.45, 2.75) is 0 Å². The molecule has 0 unspecified atom stereocenters. The predicted molar refractivity (Wildman–Crippen MR) is 142 cm³/mol. The molecule has 0 atom stereocenters. The number of ether oxygens (including phenoxy) is 1. The van der Waals surface area contributed by atoms with E-state index in [1.54, 1.807) is 19.5 Å². The highest BCUT2D eigenvalue weighted by Crippen LogP contribution is 2.38. The lowest BCUT2D eigenvalue weighted by molar-refractivity contribution is -0.113. The highest BCUT2D eigenvalue weighted by atomic mass is 16.5. The lowest BCUT2D eigenvalue weighted by Gasteiger charge is -2.24. The van der Waals surface area contributed by atoms with E-state index in [1.165, 1.54) is 6.08 Å². The summed E-state index contributed by atoms with van der Waals surface area (Å²) in [6.45, 7) is 3.99. The molecule has 0 saturated heterocycles. The van der Waals surface area contributed by atoms with E-state index in [-0.39, 0.29) is 18.9 Å². The highest BCUT2D eigenvalue weighted by Gasteiger charge is 2.16. The van der Waals surface area contributed by atoms with Crippen LogP contribution >= 0.6 is 0 Å². The Kier molecular flexibility index (Phi) is 7.45. The minimum Gasteiger partial charge on any atom is -0.494 e. The van der Waals surface area contributed by atoms with Gasteiger partial charge in [-0.2, -0.15) is 0 Å². The molecule has 0 aliphatic rings. The van der Waals surface area contributed by atoms with E-state index in [4.69, 9.17) is 9.72 Å². The number of aryl methyl sites for hydroxylation is 1. The van der Waals surface area contributed by atoms with Crippen LogP contribution in [0.3, 0.4) is 0 Å². The largest absolute Gasteiger partial charge is 0.494 e. The molecule has 0 radical (unpaired) electrons. The maximum absolute atomic E-state index is 11.9. The van der Waals surface area contributed by atoms with Gasteiger partial charge in [-0.05, 0) is 30.3 Å². The van der Waals surface area contributed by atoms with Crippen LogP contribution in [0.25, 0.3) is 22.3 Å². The standard InChI is InChI=1S/C26H29N7O3/c1-5-17(35)15-29-21-13-22(24(36-4)14-23(21)32(2)11-12-34)31-26-28-10-8-20(30-26)19-16-33(3)25-18(19)7-6-9-27-25/h5-10,13-14,16,29,34H,1,11-12,15H2,2-4H3,(H,28,30,31). The quantitative estimate of drug-likeness (QED) is 0.274. The van der Waals surface area contributed by atoms with E-state index >= 15 is 0 Å². The number of methoxy groups -OCH3 is 1. The number of benzene rings is 1. The summed E-state index contributed by atoms with van der Waals surface area (Å²) in [5.41, 5.74) is 4.63. The van der Waals surface area contributed by atoms with Crippen LogP contribution in [0.2, 0.25) is 0 Å². The van der Waals surface area contributed by atoms with Crippen LogP contribution < -0.4 is 20.3 Å². The molecule has 0 saturated carbocycles. The normalized spacial score (nSPS) is 10.8. The van der Waals surface area contributed by atoms with Crippen LogP contribution in [-0.2, 0) is 11.8 Å². The summed E-state index contributed by atoms with van der Waals surface area (Å²) >= 11 is 0. The average molecular weight is 488 g/mol. The molecular weight excluding hydrogens is 458 g/mol. The first-order valence-corrected chi connectivity index (χ1v) is 11.4. The molecule has 3 aromatic heterocycles. The Morgan fingerprint density at radius 3 is 2.83 bits per heavy atom. The van der Waals surface area contributed by atoms with Crippen molar-refractivity contribution < 1.29 is 14.6 Å². The van der Waals surface area contributed by atoms with Crippen molar-refractivity contribution in [3.8, 4) is 17.0 Å². The second kappa shape index (κ2) is 10.9. The summed E-state index contributed by atoms with van der Waals surface area (Å²) < 4.78 is 7.60. The first kappa shape index (κ1) is 24.7. The summed E-state index contributed by atoms with van der Waals surface area (Å²) in [6.07, 6.45) is 6.72. The summed E-state index contributed by atoms with van der Waals surface area (Å²) in [4.78, 5) is 27.3. The summed E-state index contributed by atoms with van der Waals surface area (Å²) in [5.74, 6) is 0.798. The zero-order valence-electron chi connectivity index (χ0n) is 20.5. The van der Waals surface area contributed by atoms with E-state index in [9.17, 15) is 9.90 Å². The van der Waals surface area contributed by atoms with Crippen LogP contribution in [0.1, 0.15) is 0 Å². The number of hydrogen-bond donors (Lipinski definition) is 3. The minimum atomic E-state index is -0.142. The number of aromatic nitrogens is 4. The minimum absolute atomic E-state index is 0.0197. The predicted octanol–water partition coefficient (Wildman–Crippen LogP) is 3.38. The number of likely N-dealkylation sites (N-methyl/N-ethyl adjacent to an activating group) is 1. The second-order valence-corrected chi connectivity index (χ2v) is 8.16. The van der Waals surface area contributed by atoms with Crippen molar-refractivity contribution >= 4 is 39.8 Å². The Hall–Kier alpha value is -4.44. The van der Waals surface area contributed by atoms with Crippen molar-refractivity contribution in [1.82, 2.24) is 19.5 Å². The number of nitrogens with zero attached hydrogens (tertiary/aromatic N) is 5. The van der Waals surface area contributed by atoms with Gasteiger partial charge in [0.15, 0.2) is 5.78 Å². The number of rotatable bonds is 11. The molecule has 36 heavy (non-hydrogen) atoms. The molecule has 0 spiro atoms. The van der Waals surface area contributed by atoms with Crippen molar-refractivity contribution in [2.75, 3.05) is 49.4 Å². The number of fused-ring (bicyclic) bond motifs is 1. The number of pyridine rings is 1. The van der Waals surface area contributed by atoms with Gasteiger partial charge in [0, 0.05) is 56.2 Å². The molecule has 3 N–H and O–H groups in total. The third-order valence-corrected chi connectivity index (χ3v) is 5.76. The fourth-order valence-corrected chi connectivity index (χ4v) is 3.92. The number of aliphatic hydroxyl groups excluding tert-OH is 1. The molecule has 10 nitrogen and oxygen atoms in total. The molecule has 1 aromatic carbocycles. The number of anilines is 4. The SMILES string of the molecule is C=CC(=O)CNc1cc(Nc2nccc(-c3cn(C)c4ncccc34)n2)c(OC)cc1N(C)CCO. The van der Waals surface area contributed by atoms with Gasteiger partial charge in [0.2, 0.25) is 5.95 Å². The number of nitrogens with one attached hydrogen (secondary N) is 2. The van der Waals surface area contributed by atoms with E-state index in [0.29, 0.717) is 29.6 Å². The first-order chi connectivity index (χ1) is 17.4. The molecule has 186 valence electrons. The van der Waals surface area contributed by atoms with E-state index < -0.39 is 0 Å². The number of ketones is 1. The van der Waals surface area contributed by atoms with Crippen LogP contribution in [0, 0.1) is 0 Å². The Balaban J connectivity index is 1.71. The summed E-state index contributed by atoms with van der Waals surface area (Å²) in [7, 11) is 5.38. The molecule has 10 heteroatoms. The van der Waals surface area contributed by atoms with Gasteiger partial charge in [-0.25, -0.2) is 15.0 Å². The lowest BCUT2D eigenvalue weighted by Crippen LogP contribution is -2.23. The van der Waals surface area contributed by atoms with Gasteiger partial charge in [-0.15, -0.1) is 0 Å². The number of hydrogen-bond acceptors (Lipinski definition) is 9. The van der Waals surface area contributed by atoms with Gasteiger partial charge < -0.3 is 29.9 Å². The van der Waals surface area contributed by atoms with Crippen LogP contribution in [0.5, 0.6) is 5.75 Å². The Morgan fingerprint density at radius 2 is 2.08 bits per heavy atom. The van der Waals surface area contributed by atoms with E-state index in [0.717, 1.165) is 28.0 Å². The van der Waals surface area contributed by atoms with Gasteiger partial charge in [0.1, 0.15) is 11.4 Å². The van der Waals surface area contributed by atoms with Gasteiger partial charge in [0.05, 0.1) is 43.0 Å². The molecule has 0 amide bonds. The molecular formula is C26H29N7O3. The topological polar surface area (TPSA) is 117 Å². The lowest BCUT2D eigenvalue weighted by atomic mass is 10.1. The van der Waals surface area contributed by atoms with Gasteiger partial charge in [0.25, 0.3) is 0 Å². The summed E-state index contributed by atoms with van der Waals surface area (Å²) in [6, 6.07) is 9.43. The molecule has 0 fully saturated rings. The van der Waals surface area contributed by atoms with E-state index in [1.807, 2.05) is 60.1 Å². The first-order valence-electron chi connectivity index (χ1n) is 11.4. The molecule has 0 aliphatic carbocycles. The van der Waals surface area contributed by atoms with Crippen molar-refractivity contribution in [2.24, 2.45) is 7.05 Å². The van der Waals surface area contributed by atoms with E-state index in [2.05, 4.69) is 27.2 Å². The highest BCUT2D eigenvalue weighted by molar-refractivity contribution is 5.94. The smallest absolute Gasteiger partial charge is 0.227 e. The molecule has 4 rings (SSSR count). The van der Waals surface area contributed by atoms with Gasteiger partial charge >= 0.3 is 0 Å². The summed E-state index contributed by atoms with van der Waals surface area (Å²) in [5, 5.41) is 16.8. The third kappa shape index (κ3) is 5.13. The van der Waals surface area contributed by atoms with Crippen molar-refractivity contribution in [3.05, 3.63) is 61.6 Å².